The van der Waals surface area contributed by atoms with E-state index in [4.69, 9.17) is 11.5 Å². The summed E-state index contributed by atoms with van der Waals surface area (Å²) in [6.07, 6.45) is 1.26. The normalized spacial score (nSPS) is 9.06. The zero-order chi connectivity index (χ0) is 12.3. The highest BCUT2D eigenvalue weighted by atomic mass is 16.6. The molecule has 7 nitrogen and oxygen atoms in total. The Morgan fingerprint density at radius 3 is 2.75 bits per heavy atom. The number of pyridine rings is 1. The van der Waals surface area contributed by atoms with Crippen molar-refractivity contribution in [3.05, 3.63) is 27.4 Å². The summed E-state index contributed by atoms with van der Waals surface area (Å²) in [5.41, 5.74) is 10.4. The number of anilines is 1. The fourth-order valence-electron chi connectivity index (χ4n) is 1.10. The predicted molar refractivity (Wildman–Crippen MR) is 56.1 cm³/mol. The van der Waals surface area contributed by atoms with Gasteiger partial charge in [-0.3, -0.25) is 14.9 Å². The molecule has 0 aromatic carbocycles. The van der Waals surface area contributed by atoms with Crippen LogP contribution in [0.4, 0.5) is 11.5 Å². The van der Waals surface area contributed by atoms with Gasteiger partial charge in [-0.05, 0) is 6.92 Å². The molecule has 0 aliphatic carbocycles. The number of amides is 1. The Bertz CT molecular complexity index is 528. The maximum Gasteiger partial charge on any atom is 0.315 e. The van der Waals surface area contributed by atoms with E-state index in [0.29, 0.717) is 0 Å². The summed E-state index contributed by atoms with van der Waals surface area (Å²) in [5, 5.41) is 10.7. The molecule has 1 heterocycles. The van der Waals surface area contributed by atoms with Crippen molar-refractivity contribution < 1.29 is 9.72 Å². The van der Waals surface area contributed by atoms with Crippen molar-refractivity contribution in [1.82, 2.24) is 4.98 Å². The lowest BCUT2D eigenvalue weighted by molar-refractivity contribution is -0.384. The third kappa shape index (κ3) is 2.24. The quantitative estimate of drug-likeness (QED) is 0.382. The Balaban J connectivity index is 3.36. The number of nitrogens with two attached hydrogens (primary N) is 2. The van der Waals surface area contributed by atoms with Gasteiger partial charge in [0.2, 0.25) is 5.82 Å². The first-order chi connectivity index (χ1) is 7.43. The Morgan fingerprint density at radius 1 is 1.62 bits per heavy atom. The van der Waals surface area contributed by atoms with Crippen molar-refractivity contribution in [2.24, 2.45) is 5.73 Å². The zero-order valence-electron chi connectivity index (χ0n) is 8.35. The van der Waals surface area contributed by atoms with Gasteiger partial charge in [0.1, 0.15) is 0 Å². The highest BCUT2D eigenvalue weighted by Gasteiger charge is 2.18. The number of hydrogen-bond acceptors (Lipinski definition) is 5. The Morgan fingerprint density at radius 2 is 2.25 bits per heavy atom. The van der Waals surface area contributed by atoms with Gasteiger partial charge in [0.15, 0.2) is 0 Å². The number of rotatable bonds is 1. The SMILES string of the molecule is Cc1c(C#CC(N)=O)cnc(N)c1[N+](=O)[O-]. The first-order valence-electron chi connectivity index (χ1n) is 4.14. The highest BCUT2D eigenvalue weighted by Crippen LogP contribution is 2.25. The minimum Gasteiger partial charge on any atom is -0.378 e. The lowest BCUT2D eigenvalue weighted by Gasteiger charge is -2.01. The van der Waals surface area contributed by atoms with Crippen molar-refractivity contribution in [3.8, 4) is 11.8 Å². The van der Waals surface area contributed by atoms with E-state index in [9.17, 15) is 14.9 Å². The molecule has 0 bridgehead atoms. The first-order valence-corrected chi connectivity index (χ1v) is 4.14. The molecule has 0 aliphatic rings. The van der Waals surface area contributed by atoms with Crippen molar-refractivity contribution in [3.63, 3.8) is 0 Å². The minimum absolute atomic E-state index is 0.188. The van der Waals surface area contributed by atoms with Crippen LogP contribution in [0.25, 0.3) is 0 Å². The molecule has 1 amide bonds. The molecule has 0 saturated carbocycles. The molecule has 0 aliphatic heterocycles. The van der Waals surface area contributed by atoms with Gasteiger partial charge < -0.3 is 11.5 Å². The first kappa shape index (κ1) is 11.5. The summed E-state index contributed by atoms with van der Waals surface area (Å²) in [6.45, 7) is 1.47. The Hall–Kier alpha value is -2.62. The topological polar surface area (TPSA) is 125 Å². The smallest absolute Gasteiger partial charge is 0.315 e. The molecule has 0 unspecified atom stereocenters. The summed E-state index contributed by atoms with van der Waals surface area (Å²) in [4.78, 5) is 24.1. The molecule has 0 radical (unpaired) electrons. The van der Waals surface area contributed by atoms with Crippen LogP contribution in [-0.2, 0) is 4.79 Å². The van der Waals surface area contributed by atoms with Crippen LogP contribution in [0, 0.1) is 28.9 Å². The standard InChI is InChI=1S/C9H8N4O3/c1-5-6(2-3-7(10)14)4-12-9(11)8(5)13(15)16/h4H,1H3,(H2,10,14)(H2,11,12). The highest BCUT2D eigenvalue weighted by molar-refractivity contribution is 5.92. The van der Waals surface area contributed by atoms with Crippen molar-refractivity contribution in [1.29, 1.82) is 0 Å². The van der Waals surface area contributed by atoms with Crippen LogP contribution in [-0.4, -0.2) is 15.8 Å². The van der Waals surface area contributed by atoms with E-state index in [0.717, 1.165) is 0 Å². The predicted octanol–water partition coefficient (Wildman–Crippen LogP) is -0.283. The summed E-state index contributed by atoms with van der Waals surface area (Å²) < 4.78 is 0. The van der Waals surface area contributed by atoms with Gasteiger partial charge >= 0.3 is 5.69 Å². The molecule has 7 heteroatoms. The fourth-order valence-corrected chi connectivity index (χ4v) is 1.10. The summed E-state index contributed by atoms with van der Waals surface area (Å²) in [6, 6.07) is 0. The molecular weight excluding hydrogens is 212 g/mol. The molecule has 0 fully saturated rings. The number of nitrogens with zero attached hydrogens (tertiary/aromatic N) is 2. The molecule has 1 rings (SSSR count). The van der Waals surface area contributed by atoms with E-state index in [-0.39, 0.29) is 22.6 Å². The molecule has 82 valence electrons. The van der Waals surface area contributed by atoms with E-state index < -0.39 is 10.8 Å². The van der Waals surface area contributed by atoms with Gasteiger partial charge in [-0.15, -0.1) is 0 Å². The van der Waals surface area contributed by atoms with E-state index in [1.807, 2.05) is 0 Å². The lowest BCUT2D eigenvalue weighted by Crippen LogP contribution is -2.07. The molecule has 0 atom stereocenters. The maximum atomic E-state index is 10.7. The monoisotopic (exact) mass is 220 g/mol. The van der Waals surface area contributed by atoms with E-state index in [2.05, 4.69) is 16.8 Å². The zero-order valence-corrected chi connectivity index (χ0v) is 8.35. The molecular formula is C9H8N4O3. The average molecular weight is 220 g/mol. The maximum absolute atomic E-state index is 10.7. The van der Waals surface area contributed by atoms with Gasteiger partial charge in [-0.25, -0.2) is 4.98 Å². The number of nitrogen functional groups attached to an aromatic ring is 1. The van der Waals surface area contributed by atoms with Crippen molar-refractivity contribution >= 4 is 17.4 Å². The second-order valence-electron chi connectivity index (χ2n) is 2.90. The molecule has 1 aromatic heterocycles. The van der Waals surface area contributed by atoms with Crippen LogP contribution in [0.5, 0.6) is 0 Å². The largest absolute Gasteiger partial charge is 0.378 e. The average Bonchev–Trinajstić information content (AvgIpc) is 2.15. The van der Waals surface area contributed by atoms with E-state index in [1.54, 1.807) is 0 Å². The fraction of sp³-hybridized carbons (Fsp3) is 0.111. The molecule has 4 N–H and O–H groups in total. The van der Waals surface area contributed by atoms with Crippen LogP contribution in [0.2, 0.25) is 0 Å². The van der Waals surface area contributed by atoms with Gasteiger partial charge in [-0.1, -0.05) is 5.92 Å². The molecule has 0 saturated heterocycles. The third-order valence-electron chi connectivity index (χ3n) is 1.84. The van der Waals surface area contributed by atoms with E-state index in [1.165, 1.54) is 13.1 Å². The molecule has 16 heavy (non-hydrogen) atoms. The van der Waals surface area contributed by atoms with Crippen molar-refractivity contribution in [2.75, 3.05) is 5.73 Å². The number of hydrogen-bond donors (Lipinski definition) is 2. The minimum atomic E-state index is -0.820. The van der Waals surface area contributed by atoms with Gasteiger partial charge in [0, 0.05) is 17.7 Å². The third-order valence-corrected chi connectivity index (χ3v) is 1.84. The summed E-state index contributed by atoms with van der Waals surface area (Å²) >= 11 is 0. The van der Waals surface area contributed by atoms with Crippen LogP contribution < -0.4 is 11.5 Å². The van der Waals surface area contributed by atoms with Crippen LogP contribution in [0.3, 0.4) is 0 Å². The number of nitro groups is 1. The molecule has 0 spiro atoms. The Labute approximate surface area is 90.6 Å². The van der Waals surface area contributed by atoms with Crippen LogP contribution in [0.1, 0.15) is 11.1 Å². The second kappa shape index (κ2) is 4.27. The van der Waals surface area contributed by atoms with Crippen LogP contribution in [0.15, 0.2) is 6.20 Å². The number of carbonyl (C=O) groups excluding carboxylic acids is 1. The Kier molecular flexibility index (Phi) is 3.06. The number of primary amides is 1. The molecule has 1 aromatic rings. The van der Waals surface area contributed by atoms with E-state index >= 15 is 0 Å². The summed E-state index contributed by atoms with van der Waals surface area (Å²) in [5.74, 6) is 3.45. The number of aromatic nitrogens is 1. The van der Waals surface area contributed by atoms with Crippen LogP contribution >= 0.6 is 0 Å². The van der Waals surface area contributed by atoms with Gasteiger partial charge in [-0.2, -0.15) is 0 Å². The summed E-state index contributed by atoms with van der Waals surface area (Å²) in [7, 11) is 0. The second-order valence-corrected chi connectivity index (χ2v) is 2.90. The van der Waals surface area contributed by atoms with Gasteiger partial charge in [0.05, 0.1) is 10.5 Å². The van der Waals surface area contributed by atoms with Gasteiger partial charge in [0.25, 0.3) is 5.91 Å². The van der Waals surface area contributed by atoms with Crippen molar-refractivity contribution in [2.45, 2.75) is 6.92 Å². The number of carbonyl (C=O) groups is 1. The lowest BCUT2D eigenvalue weighted by atomic mass is 10.1.